The topological polar surface area (TPSA) is 56.5 Å². The largest absolute Gasteiger partial charge is 0.466 e. The Kier molecular flexibility index (Phi) is 3.99. The van der Waals surface area contributed by atoms with Crippen LogP contribution < -0.4 is 0 Å². The highest BCUT2D eigenvalue weighted by Crippen LogP contribution is 2.04. The fraction of sp³-hybridized carbons (Fsp3) is 0.364. The fourth-order valence-electron chi connectivity index (χ4n) is 1.30. The van der Waals surface area contributed by atoms with Crippen LogP contribution in [-0.4, -0.2) is 35.6 Å². The molecule has 0 unspecified atom stereocenters. The van der Waals surface area contributed by atoms with E-state index in [0.29, 0.717) is 11.3 Å². The Morgan fingerprint density at radius 3 is 2.75 bits per heavy atom. The summed E-state index contributed by atoms with van der Waals surface area (Å²) in [6, 6.07) is 1.84. The van der Waals surface area contributed by atoms with Crippen LogP contribution in [0.3, 0.4) is 0 Å². The molecule has 1 aromatic rings. The zero-order valence-corrected chi connectivity index (χ0v) is 9.89. The van der Waals surface area contributed by atoms with Gasteiger partial charge in [-0.1, -0.05) is 0 Å². The Labute approximate surface area is 94.4 Å². The van der Waals surface area contributed by atoms with Gasteiger partial charge in [-0.15, -0.1) is 0 Å². The van der Waals surface area contributed by atoms with E-state index >= 15 is 0 Å². The van der Waals surface area contributed by atoms with Crippen LogP contribution in [0.25, 0.3) is 0 Å². The highest BCUT2D eigenvalue weighted by Gasteiger charge is 2.08. The molecule has 5 heteroatoms. The van der Waals surface area contributed by atoms with Crippen molar-refractivity contribution in [1.29, 1.82) is 0 Å². The quantitative estimate of drug-likeness (QED) is 0.434. The number of aromatic nitrogens is 2. The summed E-state index contributed by atoms with van der Waals surface area (Å²) in [4.78, 5) is 15.4. The maximum absolute atomic E-state index is 11.2. The molecule has 5 nitrogen and oxygen atoms in total. The normalized spacial score (nSPS) is 12.8. The van der Waals surface area contributed by atoms with Crippen LogP contribution in [0.2, 0.25) is 0 Å². The first kappa shape index (κ1) is 12.2. The second kappa shape index (κ2) is 5.25. The van der Waals surface area contributed by atoms with Crippen LogP contribution >= 0.6 is 0 Å². The van der Waals surface area contributed by atoms with Gasteiger partial charge in [-0.3, -0.25) is 9.67 Å². The van der Waals surface area contributed by atoms with Crippen LogP contribution in [0.4, 0.5) is 0 Å². The summed E-state index contributed by atoms with van der Waals surface area (Å²) < 4.78 is 6.32. The van der Waals surface area contributed by atoms with Gasteiger partial charge < -0.3 is 4.74 Å². The fourth-order valence-corrected chi connectivity index (χ4v) is 1.30. The number of aryl methyl sites for hydroxylation is 1. The van der Waals surface area contributed by atoms with Crippen molar-refractivity contribution >= 4 is 11.7 Å². The van der Waals surface area contributed by atoms with E-state index in [1.165, 1.54) is 7.11 Å². The van der Waals surface area contributed by atoms with Crippen molar-refractivity contribution in [2.45, 2.75) is 6.92 Å². The zero-order chi connectivity index (χ0) is 12.1. The number of hydrogen-bond acceptors (Lipinski definition) is 4. The Balaban J connectivity index is 3.03. The molecule has 0 aromatic carbocycles. The van der Waals surface area contributed by atoms with Crippen LogP contribution in [0.5, 0.6) is 0 Å². The summed E-state index contributed by atoms with van der Waals surface area (Å²) in [5.41, 5.74) is 2.05. The Bertz CT molecular complexity index is 444. The Morgan fingerprint density at radius 1 is 1.62 bits per heavy atom. The van der Waals surface area contributed by atoms with Crippen molar-refractivity contribution in [2.75, 3.05) is 14.2 Å². The lowest BCUT2D eigenvalue weighted by Gasteiger charge is -2.03. The van der Waals surface area contributed by atoms with Crippen molar-refractivity contribution in [3.63, 3.8) is 0 Å². The molecule has 0 spiro atoms. The summed E-state index contributed by atoms with van der Waals surface area (Å²) >= 11 is 0. The molecule has 0 saturated carbocycles. The molecule has 0 amide bonds. The number of ether oxygens (including phenoxy) is 1. The van der Waals surface area contributed by atoms with Gasteiger partial charge in [0.2, 0.25) is 0 Å². The monoisotopic (exact) mass is 221 g/mol. The van der Waals surface area contributed by atoms with Crippen LogP contribution in [0.1, 0.15) is 12.6 Å². The van der Waals surface area contributed by atoms with Gasteiger partial charge in [0.05, 0.1) is 18.5 Å². The average Bonchev–Trinajstić information content (AvgIpc) is 2.70. The van der Waals surface area contributed by atoms with Gasteiger partial charge in [-0.05, 0) is 19.1 Å². The Morgan fingerprint density at radius 2 is 2.31 bits per heavy atom. The number of methoxy groups -OCH3 is 1. The van der Waals surface area contributed by atoms with E-state index in [1.807, 2.05) is 13.1 Å². The summed E-state index contributed by atoms with van der Waals surface area (Å²) in [7, 11) is 4.84. The molecule has 1 aromatic heterocycles. The maximum Gasteiger partial charge on any atom is 0.333 e. The lowest BCUT2D eigenvalue weighted by Crippen LogP contribution is -2.09. The van der Waals surface area contributed by atoms with Crippen molar-refractivity contribution in [3.05, 3.63) is 29.6 Å². The first-order valence-electron chi connectivity index (χ1n) is 4.82. The van der Waals surface area contributed by atoms with Crippen LogP contribution in [-0.2, 0) is 16.6 Å². The van der Waals surface area contributed by atoms with E-state index in [9.17, 15) is 4.79 Å². The first-order valence-corrected chi connectivity index (χ1v) is 4.82. The summed E-state index contributed by atoms with van der Waals surface area (Å²) in [5.74, 6) is -0.358. The Hall–Kier alpha value is -1.91. The average molecular weight is 221 g/mol. The zero-order valence-electron chi connectivity index (χ0n) is 9.89. The lowest BCUT2D eigenvalue weighted by molar-refractivity contribution is -0.136. The SMILES string of the molecule is CN=C(/C=C(\C)C(=O)OC)c1ccnn1C. The van der Waals surface area contributed by atoms with Crippen LogP contribution in [0.15, 0.2) is 28.9 Å². The van der Waals surface area contributed by atoms with Gasteiger partial charge in [0, 0.05) is 25.9 Å². The number of aliphatic imine (C=N–C) groups is 1. The van der Waals surface area contributed by atoms with E-state index < -0.39 is 0 Å². The number of allylic oxidation sites excluding steroid dienone is 1. The van der Waals surface area contributed by atoms with Gasteiger partial charge in [-0.2, -0.15) is 5.10 Å². The minimum Gasteiger partial charge on any atom is -0.466 e. The molecule has 1 rings (SSSR count). The van der Waals surface area contributed by atoms with Crippen LogP contribution in [0, 0.1) is 0 Å². The molecular weight excluding hydrogens is 206 g/mol. The van der Waals surface area contributed by atoms with Crippen molar-refractivity contribution in [1.82, 2.24) is 9.78 Å². The minimum absolute atomic E-state index is 0.358. The lowest BCUT2D eigenvalue weighted by atomic mass is 10.2. The number of hydrogen-bond donors (Lipinski definition) is 0. The molecule has 86 valence electrons. The molecule has 0 aliphatic rings. The number of carbonyl (C=O) groups excluding carboxylic acids is 1. The van der Waals surface area contributed by atoms with Crippen molar-refractivity contribution in [2.24, 2.45) is 12.0 Å². The second-order valence-corrected chi connectivity index (χ2v) is 3.27. The van der Waals surface area contributed by atoms with Crippen molar-refractivity contribution < 1.29 is 9.53 Å². The predicted molar refractivity (Wildman–Crippen MR) is 61.4 cm³/mol. The third-order valence-electron chi connectivity index (χ3n) is 2.18. The minimum atomic E-state index is -0.358. The van der Waals surface area contributed by atoms with Gasteiger partial charge in [-0.25, -0.2) is 4.79 Å². The smallest absolute Gasteiger partial charge is 0.333 e. The number of rotatable bonds is 3. The summed E-state index contributed by atoms with van der Waals surface area (Å²) in [5, 5.41) is 4.05. The third-order valence-corrected chi connectivity index (χ3v) is 2.18. The molecule has 0 atom stereocenters. The molecule has 0 bridgehead atoms. The maximum atomic E-state index is 11.2. The van der Waals surface area contributed by atoms with Gasteiger partial charge in [0.15, 0.2) is 0 Å². The van der Waals surface area contributed by atoms with E-state index in [2.05, 4.69) is 14.8 Å². The molecule has 0 saturated heterocycles. The van der Waals surface area contributed by atoms with Crippen molar-refractivity contribution in [3.8, 4) is 0 Å². The predicted octanol–water partition coefficient (Wildman–Crippen LogP) is 0.958. The standard InChI is InChI=1S/C11H15N3O2/c1-8(11(15)16-4)7-9(12-2)10-5-6-13-14(10)3/h5-7H,1-4H3/b8-7+,12-9?. The highest BCUT2D eigenvalue weighted by molar-refractivity contribution is 6.10. The molecule has 0 fully saturated rings. The first-order chi connectivity index (χ1) is 7.60. The molecule has 0 radical (unpaired) electrons. The summed E-state index contributed by atoms with van der Waals surface area (Å²) in [6.07, 6.45) is 3.37. The van der Waals surface area contributed by atoms with Gasteiger partial charge in [0.25, 0.3) is 0 Å². The van der Waals surface area contributed by atoms with E-state index in [-0.39, 0.29) is 5.97 Å². The molecule has 0 aliphatic heterocycles. The number of carbonyl (C=O) groups is 1. The third kappa shape index (κ3) is 2.56. The van der Waals surface area contributed by atoms with E-state index in [4.69, 9.17) is 0 Å². The molecular formula is C11H15N3O2. The molecule has 0 aliphatic carbocycles. The van der Waals surface area contributed by atoms with Gasteiger partial charge >= 0.3 is 5.97 Å². The molecule has 1 heterocycles. The molecule has 0 N–H and O–H groups in total. The summed E-state index contributed by atoms with van der Waals surface area (Å²) in [6.45, 7) is 1.69. The van der Waals surface area contributed by atoms with E-state index in [0.717, 1.165) is 5.69 Å². The molecule has 16 heavy (non-hydrogen) atoms. The number of esters is 1. The highest BCUT2D eigenvalue weighted by atomic mass is 16.5. The second-order valence-electron chi connectivity index (χ2n) is 3.27. The van der Waals surface area contributed by atoms with Gasteiger partial charge in [0.1, 0.15) is 0 Å². The van der Waals surface area contributed by atoms with E-state index in [1.54, 1.807) is 30.9 Å². The number of nitrogens with zero attached hydrogens (tertiary/aromatic N) is 3.